The van der Waals surface area contributed by atoms with E-state index in [1.165, 1.54) is 0 Å². The second-order valence-electron chi connectivity index (χ2n) is 6.23. The van der Waals surface area contributed by atoms with Crippen LogP contribution in [0.3, 0.4) is 0 Å². The molecule has 124 valence electrons. The van der Waals surface area contributed by atoms with Crippen LogP contribution in [0.5, 0.6) is 0 Å². The molecule has 0 bridgehead atoms. The van der Waals surface area contributed by atoms with E-state index in [9.17, 15) is 14.4 Å². The largest absolute Gasteiger partial charge is 0.341 e. The third-order valence-electron chi connectivity index (χ3n) is 4.60. The van der Waals surface area contributed by atoms with Crippen molar-refractivity contribution in [1.82, 2.24) is 15.1 Å². The Morgan fingerprint density at radius 2 is 2.04 bits per heavy atom. The molecule has 0 radical (unpaired) electrons. The summed E-state index contributed by atoms with van der Waals surface area (Å²) in [6, 6.07) is 7.98. The lowest BCUT2D eigenvalue weighted by atomic mass is 9.91. The Morgan fingerprint density at radius 1 is 1.33 bits per heavy atom. The van der Waals surface area contributed by atoms with Gasteiger partial charge in [0.1, 0.15) is 12.1 Å². The van der Waals surface area contributed by atoms with Gasteiger partial charge in [0.05, 0.1) is 11.6 Å². The van der Waals surface area contributed by atoms with Gasteiger partial charge >= 0.3 is 6.03 Å². The van der Waals surface area contributed by atoms with Crippen molar-refractivity contribution in [3.63, 3.8) is 0 Å². The van der Waals surface area contributed by atoms with Crippen LogP contribution >= 0.6 is 0 Å². The number of nitrogens with zero attached hydrogens (tertiary/aromatic N) is 3. The van der Waals surface area contributed by atoms with E-state index in [-0.39, 0.29) is 12.5 Å². The Hall–Kier alpha value is -2.88. The minimum atomic E-state index is -1.27. The van der Waals surface area contributed by atoms with E-state index in [0.29, 0.717) is 24.2 Å². The Kier molecular flexibility index (Phi) is 3.97. The van der Waals surface area contributed by atoms with Gasteiger partial charge in [-0.05, 0) is 37.5 Å². The minimum Gasteiger partial charge on any atom is -0.341 e. The first kappa shape index (κ1) is 16.0. The number of hydrogen-bond acceptors (Lipinski definition) is 4. The number of nitriles is 1. The predicted octanol–water partition coefficient (Wildman–Crippen LogP) is 0.948. The molecular formula is C17H18N4O3. The predicted molar refractivity (Wildman–Crippen MR) is 84.6 cm³/mol. The van der Waals surface area contributed by atoms with Crippen LogP contribution in [0, 0.1) is 11.3 Å². The number of nitrogens with one attached hydrogen (secondary N) is 1. The summed E-state index contributed by atoms with van der Waals surface area (Å²) in [7, 11) is 0. The minimum absolute atomic E-state index is 0.217. The van der Waals surface area contributed by atoms with Crippen LogP contribution in [0.4, 0.5) is 4.79 Å². The number of benzene rings is 1. The summed E-state index contributed by atoms with van der Waals surface area (Å²) in [5.41, 5.74) is -0.340. The topological polar surface area (TPSA) is 93.5 Å². The van der Waals surface area contributed by atoms with Crippen LogP contribution in [0.2, 0.25) is 0 Å². The van der Waals surface area contributed by atoms with E-state index in [2.05, 4.69) is 5.32 Å². The average Bonchev–Trinajstić information content (AvgIpc) is 3.19. The molecule has 2 fully saturated rings. The molecule has 7 heteroatoms. The second-order valence-corrected chi connectivity index (χ2v) is 6.23. The van der Waals surface area contributed by atoms with Gasteiger partial charge in [0.2, 0.25) is 5.91 Å². The smallest absolute Gasteiger partial charge is 0.325 e. The molecule has 0 unspecified atom stereocenters. The zero-order valence-corrected chi connectivity index (χ0v) is 13.4. The van der Waals surface area contributed by atoms with Crippen LogP contribution in [0.1, 0.15) is 30.9 Å². The van der Waals surface area contributed by atoms with Crippen molar-refractivity contribution >= 4 is 17.8 Å². The summed E-state index contributed by atoms with van der Waals surface area (Å²) in [4.78, 5) is 39.9. The van der Waals surface area contributed by atoms with Crippen LogP contribution in [0.25, 0.3) is 0 Å². The number of amides is 4. The quantitative estimate of drug-likeness (QED) is 0.837. The summed E-state index contributed by atoms with van der Waals surface area (Å²) in [6.45, 7) is 2.68. The maximum atomic E-state index is 12.8. The maximum absolute atomic E-state index is 12.8. The van der Waals surface area contributed by atoms with Gasteiger partial charge in [-0.25, -0.2) is 4.79 Å². The van der Waals surface area contributed by atoms with Crippen molar-refractivity contribution in [2.24, 2.45) is 0 Å². The van der Waals surface area contributed by atoms with Gasteiger partial charge in [-0.2, -0.15) is 5.26 Å². The molecule has 3 rings (SSSR count). The molecule has 7 nitrogen and oxygen atoms in total. The fourth-order valence-electron chi connectivity index (χ4n) is 3.14. The van der Waals surface area contributed by atoms with Gasteiger partial charge in [0.15, 0.2) is 0 Å². The van der Waals surface area contributed by atoms with Crippen LogP contribution in [0.15, 0.2) is 24.3 Å². The van der Waals surface area contributed by atoms with Crippen molar-refractivity contribution in [2.75, 3.05) is 19.6 Å². The van der Waals surface area contributed by atoms with Crippen LogP contribution in [-0.2, 0) is 15.1 Å². The molecule has 2 aliphatic heterocycles. The van der Waals surface area contributed by atoms with Crippen molar-refractivity contribution in [3.05, 3.63) is 35.4 Å². The molecular weight excluding hydrogens is 308 g/mol. The number of carbonyl (C=O) groups excluding carboxylic acids is 3. The first-order chi connectivity index (χ1) is 11.5. The highest BCUT2D eigenvalue weighted by Gasteiger charge is 2.49. The third-order valence-corrected chi connectivity index (χ3v) is 4.60. The number of urea groups is 1. The highest BCUT2D eigenvalue weighted by Crippen LogP contribution is 2.29. The summed E-state index contributed by atoms with van der Waals surface area (Å²) >= 11 is 0. The van der Waals surface area contributed by atoms with Crippen molar-refractivity contribution in [1.29, 1.82) is 5.26 Å². The number of likely N-dealkylation sites (tertiary alicyclic amines) is 1. The Balaban J connectivity index is 1.82. The van der Waals surface area contributed by atoms with E-state index in [1.54, 1.807) is 36.1 Å². The summed E-state index contributed by atoms with van der Waals surface area (Å²) < 4.78 is 0. The van der Waals surface area contributed by atoms with E-state index in [0.717, 1.165) is 17.7 Å². The van der Waals surface area contributed by atoms with Crippen molar-refractivity contribution in [2.45, 2.75) is 25.3 Å². The summed E-state index contributed by atoms with van der Waals surface area (Å²) in [5, 5.41) is 11.7. The molecule has 2 saturated heterocycles. The zero-order valence-electron chi connectivity index (χ0n) is 13.4. The molecule has 0 aromatic heterocycles. The van der Waals surface area contributed by atoms with Crippen molar-refractivity contribution < 1.29 is 14.4 Å². The number of carbonyl (C=O) groups is 3. The zero-order chi connectivity index (χ0) is 17.3. The van der Waals surface area contributed by atoms with Gasteiger partial charge in [-0.3, -0.25) is 14.5 Å². The highest BCUT2D eigenvalue weighted by molar-refractivity contribution is 6.09. The molecule has 1 aromatic rings. The third kappa shape index (κ3) is 2.60. The number of rotatable bonds is 3. The van der Waals surface area contributed by atoms with E-state index in [1.807, 2.05) is 6.07 Å². The molecule has 0 saturated carbocycles. The molecule has 0 spiro atoms. The first-order valence-electron chi connectivity index (χ1n) is 7.88. The standard InChI is InChI=1S/C17H18N4O3/c1-17(13-6-4-5-12(9-13)10-18)15(23)21(16(24)19-17)11-14(22)20-7-2-3-8-20/h4-6,9H,2-3,7-8,11H2,1H3,(H,19,24)/t17-/m1/s1. The maximum Gasteiger partial charge on any atom is 0.325 e. The second kappa shape index (κ2) is 5.96. The molecule has 2 heterocycles. The molecule has 1 atom stereocenters. The Morgan fingerprint density at radius 3 is 2.71 bits per heavy atom. The normalized spacial score (nSPS) is 23.3. The van der Waals surface area contributed by atoms with E-state index >= 15 is 0 Å². The SMILES string of the molecule is C[C@]1(c2cccc(C#N)c2)NC(=O)N(CC(=O)N2CCCC2)C1=O. The van der Waals surface area contributed by atoms with Gasteiger partial charge in [0.25, 0.3) is 5.91 Å². The molecule has 0 aliphatic carbocycles. The van der Waals surface area contributed by atoms with E-state index < -0.39 is 17.5 Å². The fraction of sp³-hybridized carbons (Fsp3) is 0.412. The molecule has 1 aromatic carbocycles. The lowest BCUT2D eigenvalue weighted by molar-refractivity contribution is -0.138. The van der Waals surface area contributed by atoms with Crippen LogP contribution in [-0.4, -0.2) is 47.3 Å². The number of imide groups is 1. The lowest BCUT2D eigenvalue weighted by Gasteiger charge is -2.23. The van der Waals surface area contributed by atoms with Gasteiger partial charge in [-0.1, -0.05) is 12.1 Å². The summed E-state index contributed by atoms with van der Waals surface area (Å²) in [6.07, 6.45) is 1.90. The summed E-state index contributed by atoms with van der Waals surface area (Å²) in [5.74, 6) is -0.693. The average molecular weight is 326 g/mol. The fourth-order valence-corrected chi connectivity index (χ4v) is 3.14. The highest BCUT2D eigenvalue weighted by atomic mass is 16.2. The Bertz CT molecular complexity index is 748. The monoisotopic (exact) mass is 326 g/mol. The Labute approximate surface area is 139 Å². The first-order valence-corrected chi connectivity index (χ1v) is 7.88. The molecule has 4 amide bonds. The lowest BCUT2D eigenvalue weighted by Crippen LogP contribution is -2.44. The van der Waals surface area contributed by atoms with Crippen molar-refractivity contribution in [3.8, 4) is 6.07 Å². The molecule has 24 heavy (non-hydrogen) atoms. The van der Waals surface area contributed by atoms with Gasteiger partial charge in [-0.15, -0.1) is 0 Å². The molecule has 1 N–H and O–H groups in total. The van der Waals surface area contributed by atoms with E-state index in [4.69, 9.17) is 5.26 Å². The van der Waals surface area contributed by atoms with Gasteiger partial charge < -0.3 is 10.2 Å². The van der Waals surface area contributed by atoms with Gasteiger partial charge in [0, 0.05) is 13.1 Å². The number of hydrogen-bond donors (Lipinski definition) is 1. The van der Waals surface area contributed by atoms with Crippen LogP contribution < -0.4 is 5.32 Å². The molecule has 2 aliphatic rings.